The summed E-state index contributed by atoms with van der Waals surface area (Å²) in [6.45, 7) is 9.19. The summed E-state index contributed by atoms with van der Waals surface area (Å²) in [6, 6.07) is 8.62. The Morgan fingerprint density at radius 1 is 1.13 bits per heavy atom. The molecule has 0 aliphatic carbocycles. The van der Waals surface area contributed by atoms with E-state index in [0.717, 1.165) is 18.5 Å². The molecule has 0 radical (unpaired) electrons. The Bertz CT molecular complexity index is 604. The van der Waals surface area contributed by atoms with Crippen molar-refractivity contribution in [2.75, 3.05) is 6.54 Å². The summed E-state index contributed by atoms with van der Waals surface area (Å²) in [6.07, 6.45) is 10.6. The maximum absolute atomic E-state index is 4.43. The smallest absolute Gasteiger partial charge is 0.0499 e. The first-order chi connectivity index (χ1) is 11.2. The third-order valence-electron chi connectivity index (χ3n) is 3.70. The highest BCUT2D eigenvalue weighted by atomic mass is 14.7. The molecule has 122 valence electrons. The molecule has 1 aromatic rings. The van der Waals surface area contributed by atoms with Crippen LogP contribution in [0.1, 0.15) is 58.1 Å². The molecule has 0 saturated heterocycles. The molecule has 0 spiro atoms. The lowest BCUT2D eigenvalue weighted by molar-refractivity contribution is 0.795. The second kappa shape index (κ2) is 11.5. The molecular formula is C22H29N. The van der Waals surface area contributed by atoms with Gasteiger partial charge in [0.05, 0.1) is 0 Å². The fourth-order valence-corrected chi connectivity index (χ4v) is 2.11. The van der Waals surface area contributed by atoms with E-state index in [9.17, 15) is 0 Å². The number of hydrogen-bond donors (Lipinski definition) is 0. The number of aliphatic imine (C=N–C) groups is 1. The molecule has 0 saturated carbocycles. The Balaban J connectivity index is 2.42. The van der Waals surface area contributed by atoms with Gasteiger partial charge in [-0.2, -0.15) is 0 Å². The fraction of sp³-hybridized carbons (Fsp3) is 0.409. The Morgan fingerprint density at radius 2 is 1.87 bits per heavy atom. The van der Waals surface area contributed by atoms with Gasteiger partial charge in [0.1, 0.15) is 0 Å². The van der Waals surface area contributed by atoms with Crippen LogP contribution in [0.25, 0.3) is 0 Å². The highest BCUT2D eigenvalue weighted by Crippen LogP contribution is 2.07. The van der Waals surface area contributed by atoms with Crippen LogP contribution in [0, 0.1) is 11.8 Å². The van der Waals surface area contributed by atoms with Crippen LogP contribution in [0.4, 0.5) is 0 Å². The zero-order valence-electron chi connectivity index (χ0n) is 15.0. The van der Waals surface area contributed by atoms with Crippen LogP contribution in [-0.4, -0.2) is 12.8 Å². The van der Waals surface area contributed by atoms with Crippen LogP contribution in [0.3, 0.4) is 0 Å². The van der Waals surface area contributed by atoms with E-state index in [4.69, 9.17) is 0 Å². The van der Waals surface area contributed by atoms with Crippen LogP contribution in [0.15, 0.2) is 52.6 Å². The van der Waals surface area contributed by atoms with Crippen LogP contribution < -0.4 is 0 Å². The van der Waals surface area contributed by atoms with Gasteiger partial charge in [-0.05, 0) is 62.5 Å². The lowest BCUT2D eigenvalue weighted by atomic mass is 10.1. The molecular weight excluding hydrogens is 278 g/mol. The first kappa shape index (κ1) is 19.0. The molecule has 0 unspecified atom stereocenters. The van der Waals surface area contributed by atoms with Gasteiger partial charge in [-0.3, -0.25) is 4.99 Å². The summed E-state index contributed by atoms with van der Waals surface area (Å²) in [7, 11) is 0. The van der Waals surface area contributed by atoms with Crippen LogP contribution in [0.5, 0.6) is 0 Å². The van der Waals surface area contributed by atoms with E-state index in [2.05, 4.69) is 67.9 Å². The summed E-state index contributed by atoms with van der Waals surface area (Å²) in [5, 5.41) is 0. The predicted molar refractivity (Wildman–Crippen MR) is 103 cm³/mol. The first-order valence-electron chi connectivity index (χ1n) is 8.55. The number of hydrogen-bond acceptors (Lipinski definition) is 1. The monoisotopic (exact) mass is 307 g/mol. The quantitative estimate of drug-likeness (QED) is 0.263. The van der Waals surface area contributed by atoms with Crippen LogP contribution in [-0.2, 0) is 6.42 Å². The summed E-state index contributed by atoms with van der Waals surface area (Å²) < 4.78 is 0. The number of aryl methyl sites for hydroxylation is 1. The molecule has 0 amide bonds. The Hall–Kier alpha value is -2.07. The van der Waals surface area contributed by atoms with Gasteiger partial charge in [-0.15, -0.1) is 0 Å². The van der Waals surface area contributed by atoms with E-state index in [1.807, 2.05) is 19.2 Å². The summed E-state index contributed by atoms with van der Waals surface area (Å²) in [5.74, 6) is 6.41. The van der Waals surface area contributed by atoms with Crippen molar-refractivity contribution in [2.24, 2.45) is 4.99 Å². The van der Waals surface area contributed by atoms with Crippen LogP contribution >= 0.6 is 0 Å². The van der Waals surface area contributed by atoms with Gasteiger partial charge < -0.3 is 0 Å². The predicted octanol–water partition coefficient (Wildman–Crippen LogP) is 5.75. The number of rotatable bonds is 7. The lowest BCUT2D eigenvalue weighted by Gasteiger charge is -1.99. The zero-order chi connectivity index (χ0) is 16.9. The summed E-state index contributed by atoms with van der Waals surface area (Å²) >= 11 is 0. The second-order valence-corrected chi connectivity index (χ2v) is 5.75. The van der Waals surface area contributed by atoms with Crippen molar-refractivity contribution in [1.82, 2.24) is 0 Å². The van der Waals surface area contributed by atoms with E-state index in [1.54, 1.807) is 0 Å². The number of allylic oxidation sites excluding steroid dienone is 4. The number of benzene rings is 1. The van der Waals surface area contributed by atoms with E-state index < -0.39 is 0 Å². The van der Waals surface area contributed by atoms with Crippen molar-refractivity contribution in [3.8, 4) is 11.8 Å². The number of nitrogens with zero attached hydrogens (tertiary/aromatic N) is 1. The van der Waals surface area contributed by atoms with Gasteiger partial charge in [0.15, 0.2) is 0 Å². The second-order valence-electron chi connectivity index (χ2n) is 5.75. The third-order valence-corrected chi connectivity index (χ3v) is 3.70. The highest BCUT2D eigenvalue weighted by Gasteiger charge is 1.92. The van der Waals surface area contributed by atoms with Crippen molar-refractivity contribution < 1.29 is 0 Å². The highest BCUT2D eigenvalue weighted by molar-refractivity contribution is 5.79. The largest absolute Gasteiger partial charge is 0.292 e. The minimum Gasteiger partial charge on any atom is -0.292 e. The molecule has 0 atom stereocenters. The van der Waals surface area contributed by atoms with Crippen molar-refractivity contribution in [2.45, 2.75) is 53.4 Å². The maximum atomic E-state index is 4.43. The van der Waals surface area contributed by atoms with Gasteiger partial charge in [0.25, 0.3) is 0 Å². The van der Waals surface area contributed by atoms with E-state index >= 15 is 0 Å². The van der Waals surface area contributed by atoms with Crippen molar-refractivity contribution in [3.05, 3.63) is 58.7 Å². The number of unbranched alkanes of at least 4 members (excludes halogenated alkanes) is 1. The zero-order valence-corrected chi connectivity index (χ0v) is 15.0. The molecule has 1 aromatic carbocycles. The van der Waals surface area contributed by atoms with E-state index in [0.29, 0.717) is 0 Å². The van der Waals surface area contributed by atoms with Crippen molar-refractivity contribution >= 4 is 6.21 Å². The summed E-state index contributed by atoms with van der Waals surface area (Å²) in [4.78, 5) is 4.43. The molecule has 0 fully saturated rings. The van der Waals surface area contributed by atoms with Crippen molar-refractivity contribution in [1.29, 1.82) is 0 Å². The van der Waals surface area contributed by atoms with Gasteiger partial charge in [0.2, 0.25) is 0 Å². The molecule has 0 aliphatic rings. The molecule has 1 heteroatoms. The topological polar surface area (TPSA) is 12.4 Å². The molecule has 0 aliphatic heterocycles. The van der Waals surface area contributed by atoms with E-state index in [1.165, 1.54) is 36.0 Å². The lowest BCUT2D eigenvalue weighted by Crippen LogP contribution is -1.86. The molecule has 0 bridgehead atoms. The fourth-order valence-electron chi connectivity index (χ4n) is 2.11. The Morgan fingerprint density at radius 3 is 2.52 bits per heavy atom. The minimum atomic E-state index is 0.752. The minimum absolute atomic E-state index is 0.752. The third kappa shape index (κ3) is 8.21. The molecule has 1 rings (SSSR count). The SMILES string of the molecule is C/C=C\C(C)=C(\C)C=NCCC#Cc1ccc(CCCC)cc1. The van der Waals surface area contributed by atoms with E-state index in [-0.39, 0.29) is 0 Å². The summed E-state index contributed by atoms with van der Waals surface area (Å²) in [5.41, 5.74) is 4.96. The van der Waals surface area contributed by atoms with Gasteiger partial charge in [-0.25, -0.2) is 0 Å². The molecule has 0 aromatic heterocycles. The molecule has 23 heavy (non-hydrogen) atoms. The van der Waals surface area contributed by atoms with Gasteiger partial charge in [0, 0.05) is 24.7 Å². The normalized spacial score (nSPS) is 12.3. The molecule has 0 N–H and O–H groups in total. The van der Waals surface area contributed by atoms with Gasteiger partial charge >= 0.3 is 0 Å². The van der Waals surface area contributed by atoms with Crippen molar-refractivity contribution in [3.63, 3.8) is 0 Å². The van der Waals surface area contributed by atoms with Gasteiger partial charge in [-0.1, -0.05) is 49.5 Å². The first-order valence-corrected chi connectivity index (χ1v) is 8.55. The van der Waals surface area contributed by atoms with Crippen LogP contribution in [0.2, 0.25) is 0 Å². The molecule has 1 nitrogen and oxygen atoms in total. The maximum Gasteiger partial charge on any atom is 0.0499 e. The average molecular weight is 307 g/mol. The standard InChI is InChI=1S/C22H29N/c1-5-7-11-21-13-15-22(16-14-21)12-8-9-17-23-18-20(4)19(3)10-6-2/h6,10,13-16,18H,5,7,9,11,17H2,1-4H3/b10-6-,20-19-,23-18?. The Labute approximate surface area is 142 Å². The molecule has 0 heterocycles. The Kier molecular flexibility index (Phi) is 9.48. The average Bonchev–Trinajstić information content (AvgIpc) is 2.57.